The summed E-state index contributed by atoms with van der Waals surface area (Å²) in [5, 5.41) is 4.07. The van der Waals surface area contributed by atoms with Crippen LogP contribution in [0.2, 0.25) is 0 Å². The Bertz CT molecular complexity index is 849. The Labute approximate surface area is 167 Å². The minimum Gasteiger partial charge on any atom is -0.334 e. The van der Waals surface area contributed by atoms with E-state index >= 15 is 0 Å². The zero-order valence-electron chi connectivity index (χ0n) is 16.7. The van der Waals surface area contributed by atoms with Gasteiger partial charge >= 0.3 is 0 Å². The van der Waals surface area contributed by atoms with Gasteiger partial charge in [0.25, 0.3) is 5.89 Å². The first kappa shape index (κ1) is 18.9. The molecule has 3 aromatic rings. The third kappa shape index (κ3) is 4.49. The molecule has 1 aromatic carbocycles. The van der Waals surface area contributed by atoms with Gasteiger partial charge in [-0.15, -0.1) is 0 Å². The molecule has 2 aromatic heterocycles. The molecule has 0 saturated heterocycles. The van der Waals surface area contributed by atoms with Crippen LogP contribution in [0.4, 0.5) is 0 Å². The molecule has 0 aliphatic heterocycles. The van der Waals surface area contributed by atoms with Gasteiger partial charge in [-0.2, -0.15) is 4.98 Å². The highest BCUT2D eigenvalue weighted by atomic mass is 16.5. The van der Waals surface area contributed by atoms with E-state index in [4.69, 9.17) is 4.52 Å². The third-order valence-electron chi connectivity index (χ3n) is 6.01. The number of nitrogens with zero attached hydrogens (tertiary/aromatic N) is 3. The predicted molar refractivity (Wildman–Crippen MR) is 112 cm³/mol. The van der Waals surface area contributed by atoms with Crippen molar-refractivity contribution in [3.63, 3.8) is 0 Å². The molecule has 0 spiro atoms. The van der Waals surface area contributed by atoms with Crippen LogP contribution in [-0.2, 0) is 0 Å². The molecule has 0 unspecified atom stereocenters. The van der Waals surface area contributed by atoms with Crippen molar-refractivity contribution >= 4 is 0 Å². The second-order valence-corrected chi connectivity index (χ2v) is 7.97. The summed E-state index contributed by atoms with van der Waals surface area (Å²) >= 11 is 0. The van der Waals surface area contributed by atoms with Gasteiger partial charge in [-0.3, -0.25) is 4.98 Å². The average Bonchev–Trinajstić information content (AvgIpc) is 3.26. The Morgan fingerprint density at radius 2 is 1.79 bits per heavy atom. The van der Waals surface area contributed by atoms with Crippen LogP contribution in [0, 0.1) is 5.92 Å². The summed E-state index contributed by atoms with van der Waals surface area (Å²) in [4.78, 5) is 8.77. The molecule has 4 nitrogen and oxygen atoms in total. The van der Waals surface area contributed by atoms with E-state index in [0.717, 1.165) is 17.2 Å². The van der Waals surface area contributed by atoms with Gasteiger partial charge in [-0.05, 0) is 67.3 Å². The van der Waals surface area contributed by atoms with Crippen molar-refractivity contribution in [2.24, 2.45) is 5.92 Å². The quantitative estimate of drug-likeness (QED) is 0.434. The summed E-state index contributed by atoms with van der Waals surface area (Å²) < 4.78 is 5.45. The molecule has 1 aliphatic carbocycles. The van der Waals surface area contributed by atoms with Gasteiger partial charge in [-0.1, -0.05) is 56.0 Å². The predicted octanol–water partition coefficient (Wildman–Crippen LogP) is 6.65. The fourth-order valence-corrected chi connectivity index (χ4v) is 4.31. The molecular formula is C24H29N3O. The van der Waals surface area contributed by atoms with E-state index in [-0.39, 0.29) is 0 Å². The molecule has 2 heterocycles. The summed E-state index contributed by atoms with van der Waals surface area (Å²) in [5.41, 5.74) is 3.14. The number of aromatic nitrogens is 3. The van der Waals surface area contributed by atoms with Crippen molar-refractivity contribution < 1.29 is 4.52 Å². The van der Waals surface area contributed by atoms with E-state index in [9.17, 15) is 0 Å². The third-order valence-corrected chi connectivity index (χ3v) is 6.01. The molecule has 0 atom stereocenters. The van der Waals surface area contributed by atoms with Gasteiger partial charge in [0.1, 0.15) is 5.69 Å². The molecule has 0 radical (unpaired) electrons. The molecule has 0 amide bonds. The lowest BCUT2D eigenvalue weighted by molar-refractivity contribution is 0.303. The van der Waals surface area contributed by atoms with E-state index in [2.05, 4.69) is 46.3 Å². The van der Waals surface area contributed by atoms with E-state index in [1.54, 1.807) is 6.20 Å². The first-order chi connectivity index (χ1) is 13.8. The van der Waals surface area contributed by atoms with Gasteiger partial charge in [0.2, 0.25) is 5.82 Å². The normalized spacial score (nSPS) is 19.6. The summed E-state index contributed by atoms with van der Waals surface area (Å²) in [7, 11) is 0. The van der Waals surface area contributed by atoms with Gasteiger partial charge in [0.05, 0.1) is 0 Å². The maximum Gasteiger partial charge on any atom is 0.258 e. The first-order valence-electron chi connectivity index (χ1n) is 10.7. The van der Waals surface area contributed by atoms with Gasteiger partial charge in [0.15, 0.2) is 0 Å². The zero-order chi connectivity index (χ0) is 19.2. The van der Waals surface area contributed by atoms with E-state index in [1.165, 1.54) is 56.9 Å². The Hall–Kier alpha value is -2.49. The molecule has 0 N–H and O–H groups in total. The number of pyridine rings is 1. The number of hydrogen-bond acceptors (Lipinski definition) is 4. The molecule has 146 valence electrons. The molecule has 1 aliphatic rings. The number of benzene rings is 1. The standard InChI is InChI=1S/C24H29N3O/c1-2-3-4-7-18-9-11-19(12-10-18)20-13-15-21(16-14-20)24-26-23(27-28-24)22-8-5-6-17-25-22/h5-6,8,13-19H,2-4,7,9-12H2,1H3. The highest BCUT2D eigenvalue weighted by Crippen LogP contribution is 2.38. The number of hydrogen-bond donors (Lipinski definition) is 0. The Morgan fingerprint density at radius 3 is 2.50 bits per heavy atom. The molecule has 1 saturated carbocycles. The van der Waals surface area contributed by atoms with Crippen LogP contribution < -0.4 is 0 Å². The van der Waals surface area contributed by atoms with Crippen LogP contribution >= 0.6 is 0 Å². The second kappa shape index (κ2) is 9.13. The Morgan fingerprint density at radius 1 is 0.964 bits per heavy atom. The van der Waals surface area contributed by atoms with Crippen molar-refractivity contribution in [1.82, 2.24) is 15.1 Å². The molecule has 4 heteroatoms. The highest BCUT2D eigenvalue weighted by Gasteiger charge is 2.22. The van der Waals surface area contributed by atoms with Crippen LogP contribution in [0.3, 0.4) is 0 Å². The lowest BCUT2D eigenvalue weighted by Crippen LogP contribution is -2.13. The zero-order valence-corrected chi connectivity index (χ0v) is 16.7. The SMILES string of the molecule is CCCCCC1CCC(c2ccc(-c3nc(-c4ccccn4)no3)cc2)CC1. The first-order valence-corrected chi connectivity index (χ1v) is 10.7. The topological polar surface area (TPSA) is 51.8 Å². The summed E-state index contributed by atoms with van der Waals surface area (Å²) in [5.74, 6) is 2.72. The van der Waals surface area contributed by atoms with Crippen LogP contribution in [0.15, 0.2) is 53.2 Å². The van der Waals surface area contributed by atoms with Crippen LogP contribution in [0.25, 0.3) is 23.0 Å². The molecule has 28 heavy (non-hydrogen) atoms. The van der Waals surface area contributed by atoms with Crippen molar-refractivity contribution in [1.29, 1.82) is 0 Å². The van der Waals surface area contributed by atoms with E-state index < -0.39 is 0 Å². The van der Waals surface area contributed by atoms with Crippen molar-refractivity contribution in [3.05, 3.63) is 54.2 Å². The fourth-order valence-electron chi connectivity index (χ4n) is 4.31. The largest absolute Gasteiger partial charge is 0.334 e. The van der Waals surface area contributed by atoms with Gasteiger partial charge < -0.3 is 4.52 Å². The van der Waals surface area contributed by atoms with Crippen LogP contribution in [0.1, 0.15) is 69.8 Å². The van der Waals surface area contributed by atoms with Gasteiger partial charge in [-0.25, -0.2) is 0 Å². The maximum atomic E-state index is 5.45. The Balaban J connectivity index is 1.37. The lowest BCUT2D eigenvalue weighted by Gasteiger charge is -2.29. The minimum atomic E-state index is 0.529. The number of rotatable bonds is 7. The maximum absolute atomic E-state index is 5.45. The number of unbranched alkanes of at least 4 members (excludes halogenated alkanes) is 2. The smallest absolute Gasteiger partial charge is 0.258 e. The van der Waals surface area contributed by atoms with E-state index in [0.29, 0.717) is 17.6 Å². The van der Waals surface area contributed by atoms with E-state index in [1.807, 2.05) is 18.2 Å². The summed E-state index contributed by atoms with van der Waals surface area (Å²) in [6, 6.07) is 14.4. The summed E-state index contributed by atoms with van der Waals surface area (Å²) in [6.45, 7) is 2.29. The van der Waals surface area contributed by atoms with Crippen LogP contribution in [-0.4, -0.2) is 15.1 Å². The summed E-state index contributed by atoms with van der Waals surface area (Å²) in [6.07, 6.45) is 12.7. The van der Waals surface area contributed by atoms with Crippen molar-refractivity contribution in [3.8, 4) is 23.0 Å². The fraction of sp³-hybridized carbons (Fsp3) is 0.458. The molecule has 4 rings (SSSR count). The van der Waals surface area contributed by atoms with Gasteiger partial charge in [0, 0.05) is 11.8 Å². The minimum absolute atomic E-state index is 0.529. The molecule has 0 bridgehead atoms. The monoisotopic (exact) mass is 375 g/mol. The Kier molecular flexibility index (Phi) is 6.15. The molecule has 1 fully saturated rings. The lowest BCUT2D eigenvalue weighted by atomic mass is 9.77. The van der Waals surface area contributed by atoms with Crippen molar-refractivity contribution in [2.45, 2.75) is 64.2 Å². The molecular weight excluding hydrogens is 346 g/mol. The second-order valence-electron chi connectivity index (χ2n) is 7.97. The van der Waals surface area contributed by atoms with Crippen molar-refractivity contribution in [2.75, 3.05) is 0 Å². The average molecular weight is 376 g/mol. The highest BCUT2D eigenvalue weighted by molar-refractivity contribution is 5.57. The van der Waals surface area contributed by atoms with Crippen LogP contribution in [0.5, 0.6) is 0 Å².